The monoisotopic (exact) mass is 323 g/mol. The molecule has 0 fully saturated rings. The molecule has 0 saturated heterocycles. The van der Waals surface area contributed by atoms with E-state index in [4.69, 9.17) is 4.74 Å². The van der Waals surface area contributed by atoms with Crippen LogP contribution < -0.4 is 10.9 Å². The lowest BCUT2D eigenvalue weighted by Gasteiger charge is -2.07. The fraction of sp³-hybridized carbons (Fsp3) is 0.143. The average Bonchev–Trinajstić information content (AvgIpc) is 2.51. The number of aryl methyl sites for hydroxylation is 1. The number of hydrogen-bond donors (Lipinski definition) is 1. The number of anilines is 1. The van der Waals surface area contributed by atoms with E-state index in [1.165, 1.54) is 7.05 Å². The first-order chi connectivity index (χ1) is 10.9. The number of nitrogens with zero attached hydrogens (tertiary/aromatic N) is 2. The molecule has 7 nitrogen and oxygen atoms in total. The summed E-state index contributed by atoms with van der Waals surface area (Å²) in [4.78, 5) is 34.4. The van der Waals surface area contributed by atoms with Gasteiger partial charge in [-0.1, -0.05) is 0 Å². The quantitative estimate of drug-likeness (QED) is 0.843. The van der Waals surface area contributed by atoms with Crippen LogP contribution in [0.15, 0.2) is 35.1 Å². The van der Waals surface area contributed by atoms with Crippen molar-refractivity contribution in [1.82, 2.24) is 9.78 Å². The number of hydrogen-bond acceptors (Lipinski definition) is 5. The number of ether oxygens (including phenoxy) is 1. The molecule has 2 aromatic rings. The highest BCUT2D eigenvalue weighted by Gasteiger charge is 2.13. The first kappa shape index (κ1) is 16.3. The lowest BCUT2D eigenvalue weighted by atomic mass is 10.3. The second-order valence-electron chi connectivity index (χ2n) is 4.43. The number of nitrogens with one attached hydrogen (secondary N) is 1. The van der Waals surface area contributed by atoms with Crippen molar-refractivity contribution in [2.24, 2.45) is 7.05 Å². The third-order valence-corrected chi connectivity index (χ3v) is 2.71. The van der Waals surface area contributed by atoms with Gasteiger partial charge in [0, 0.05) is 24.9 Å². The second-order valence-corrected chi connectivity index (χ2v) is 4.43. The molecule has 0 bridgehead atoms. The van der Waals surface area contributed by atoms with E-state index in [2.05, 4.69) is 10.4 Å². The average molecular weight is 323 g/mol. The highest BCUT2D eigenvalue weighted by Crippen LogP contribution is 2.12. The Hall–Kier alpha value is -3.10. The molecule has 0 spiro atoms. The number of amides is 1. The largest absolute Gasteiger partial charge is 0.451 e. The third kappa shape index (κ3) is 4.19. The normalized spacial score (nSPS) is 10.2. The van der Waals surface area contributed by atoms with Crippen molar-refractivity contribution in [3.63, 3.8) is 0 Å². The van der Waals surface area contributed by atoms with Crippen LogP contribution in [0.5, 0.6) is 0 Å². The van der Waals surface area contributed by atoms with Gasteiger partial charge in [0.25, 0.3) is 11.5 Å². The summed E-state index contributed by atoms with van der Waals surface area (Å²) in [6, 6.07) is 5.10. The van der Waals surface area contributed by atoms with Gasteiger partial charge in [-0.25, -0.2) is 18.3 Å². The molecule has 1 heterocycles. The Labute approximate surface area is 128 Å². The first-order valence-corrected chi connectivity index (χ1v) is 6.33. The van der Waals surface area contributed by atoms with Crippen molar-refractivity contribution in [3.05, 3.63) is 58.0 Å². The fourth-order valence-electron chi connectivity index (χ4n) is 1.59. The molecule has 0 aliphatic heterocycles. The minimum Gasteiger partial charge on any atom is -0.451 e. The summed E-state index contributed by atoms with van der Waals surface area (Å²) in [5.41, 5.74) is -0.532. The number of aromatic nitrogens is 2. The number of carbonyl (C=O) groups is 2. The number of benzene rings is 1. The van der Waals surface area contributed by atoms with E-state index >= 15 is 0 Å². The van der Waals surface area contributed by atoms with Gasteiger partial charge in [-0.05, 0) is 18.2 Å². The Kier molecular flexibility index (Phi) is 4.79. The van der Waals surface area contributed by atoms with E-state index in [1.807, 2.05) is 0 Å². The molecule has 1 amide bonds. The summed E-state index contributed by atoms with van der Waals surface area (Å²) in [5, 5.41) is 5.90. The van der Waals surface area contributed by atoms with Gasteiger partial charge in [0.05, 0.1) is 0 Å². The molecule has 0 atom stereocenters. The molecule has 0 unspecified atom stereocenters. The van der Waals surface area contributed by atoms with E-state index < -0.39 is 35.7 Å². The summed E-state index contributed by atoms with van der Waals surface area (Å²) in [5.74, 6) is -3.81. The van der Waals surface area contributed by atoms with Gasteiger partial charge in [-0.2, -0.15) is 5.10 Å². The van der Waals surface area contributed by atoms with Gasteiger partial charge in [0.2, 0.25) is 0 Å². The van der Waals surface area contributed by atoms with Crippen molar-refractivity contribution >= 4 is 17.6 Å². The lowest BCUT2D eigenvalue weighted by molar-refractivity contribution is -0.119. The van der Waals surface area contributed by atoms with E-state index in [9.17, 15) is 23.2 Å². The molecule has 0 radical (unpaired) electrons. The van der Waals surface area contributed by atoms with Crippen molar-refractivity contribution in [2.75, 3.05) is 11.9 Å². The maximum atomic E-state index is 13.0. The van der Waals surface area contributed by atoms with Crippen molar-refractivity contribution in [1.29, 1.82) is 0 Å². The Bertz CT molecular complexity index is 820. The Morgan fingerprint density at radius 2 is 1.96 bits per heavy atom. The van der Waals surface area contributed by atoms with Crippen LogP contribution in [0.1, 0.15) is 10.5 Å². The van der Waals surface area contributed by atoms with Crippen LogP contribution >= 0.6 is 0 Å². The second kappa shape index (κ2) is 6.77. The Morgan fingerprint density at radius 1 is 1.22 bits per heavy atom. The maximum Gasteiger partial charge on any atom is 0.359 e. The van der Waals surface area contributed by atoms with Gasteiger partial charge < -0.3 is 10.1 Å². The molecule has 1 N–H and O–H groups in total. The summed E-state index contributed by atoms with van der Waals surface area (Å²) in [6.07, 6.45) is 0. The molecule has 1 aromatic heterocycles. The van der Waals surface area contributed by atoms with Crippen LogP contribution in [0.3, 0.4) is 0 Å². The molecule has 120 valence electrons. The van der Waals surface area contributed by atoms with Gasteiger partial charge in [-0.3, -0.25) is 9.59 Å². The molecule has 1 aromatic carbocycles. The molecule has 9 heteroatoms. The molecule has 0 saturated carbocycles. The van der Waals surface area contributed by atoms with Gasteiger partial charge in [0.1, 0.15) is 0 Å². The zero-order chi connectivity index (χ0) is 17.0. The number of rotatable bonds is 4. The van der Waals surface area contributed by atoms with Crippen molar-refractivity contribution in [2.45, 2.75) is 0 Å². The van der Waals surface area contributed by atoms with Crippen LogP contribution in [0, 0.1) is 11.6 Å². The number of carbonyl (C=O) groups excluding carboxylic acids is 2. The summed E-state index contributed by atoms with van der Waals surface area (Å²) in [6.45, 7) is -0.650. The predicted molar refractivity (Wildman–Crippen MR) is 74.7 cm³/mol. The van der Waals surface area contributed by atoms with Crippen LogP contribution in [0.25, 0.3) is 0 Å². The molecule has 0 aliphatic rings. The number of esters is 1. The van der Waals surface area contributed by atoms with E-state index in [0.717, 1.165) is 35.0 Å². The molecule has 2 rings (SSSR count). The molecule has 23 heavy (non-hydrogen) atoms. The van der Waals surface area contributed by atoms with Gasteiger partial charge >= 0.3 is 5.97 Å². The summed E-state index contributed by atoms with van der Waals surface area (Å²) < 4.78 is 31.4. The topological polar surface area (TPSA) is 90.3 Å². The van der Waals surface area contributed by atoms with Crippen LogP contribution in [-0.4, -0.2) is 28.3 Å². The number of halogens is 2. The molecular weight excluding hydrogens is 312 g/mol. The summed E-state index contributed by atoms with van der Waals surface area (Å²) >= 11 is 0. The smallest absolute Gasteiger partial charge is 0.359 e. The molecule has 0 aliphatic carbocycles. The predicted octanol–water partition coefficient (Wildman–Crippen LogP) is 0.854. The van der Waals surface area contributed by atoms with Crippen molar-refractivity contribution in [3.8, 4) is 0 Å². The van der Waals surface area contributed by atoms with Gasteiger partial charge in [-0.15, -0.1) is 0 Å². The summed E-state index contributed by atoms with van der Waals surface area (Å²) in [7, 11) is 1.36. The van der Waals surface area contributed by atoms with Crippen LogP contribution in [0.2, 0.25) is 0 Å². The van der Waals surface area contributed by atoms with Crippen molar-refractivity contribution < 1.29 is 23.1 Å². The van der Waals surface area contributed by atoms with Gasteiger partial charge in [0.15, 0.2) is 23.9 Å². The standard InChI is InChI=1S/C14H11F2N3O4/c1-19-13(21)5-4-11(18-19)14(22)23-7-12(20)17-8-2-3-9(15)10(16)6-8/h2-6H,7H2,1H3,(H,17,20). The highest BCUT2D eigenvalue weighted by molar-refractivity contribution is 5.94. The minimum atomic E-state index is -1.12. The minimum absolute atomic E-state index is 0.0187. The maximum absolute atomic E-state index is 13.0. The van der Waals surface area contributed by atoms with E-state index in [1.54, 1.807) is 0 Å². The van der Waals surface area contributed by atoms with E-state index in [-0.39, 0.29) is 11.4 Å². The first-order valence-electron chi connectivity index (χ1n) is 6.33. The SMILES string of the molecule is Cn1nc(C(=O)OCC(=O)Nc2ccc(F)c(F)c2)ccc1=O. The van der Waals surface area contributed by atoms with Crippen LogP contribution in [-0.2, 0) is 16.6 Å². The third-order valence-electron chi connectivity index (χ3n) is 2.71. The zero-order valence-electron chi connectivity index (χ0n) is 11.9. The Balaban J connectivity index is 1.93. The Morgan fingerprint density at radius 3 is 2.61 bits per heavy atom. The highest BCUT2D eigenvalue weighted by atomic mass is 19.2. The fourth-order valence-corrected chi connectivity index (χ4v) is 1.59. The zero-order valence-corrected chi connectivity index (χ0v) is 11.9. The molecular formula is C14H11F2N3O4. The van der Waals surface area contributed by atoms with E-state index in [0.29, 0.717) is 0 Å². The lowest BCUT2D eigenvalue weighted by Crippen LogP contribution is -2.24. The van der Waals surface area contributed by atoms with Crippen LogP contribution in [0.4, 0.5) is 14.5 Å².